The molecule has 0 unspecified atom stereocenters. The van der Waals surface area contributed by atoms with E-state index in [1.165, 1.54) is 17.8 Å². The van der Waals surface area contributed by atoms with E-state index in [1.807, 2.05) is 50.3 Å². The highest BCUT2D eigenvalue weighted by molar-refractivity contribution is 6.02. The van der Waals surface area contributed by atoms with E-state index in [0.29, 0.717) is 23.7 Å². The minimum Gasteiger partial charge on any atom is -0.494 e. The molecular weight excluding hydrogens is 572 g/mol. The molecular formula is C33H38N8O4. The van der Waals surface area contributed by atoms with Crippen molar-refractivity contribution in [1.29, 1.82) is 0 Å². The fourth-order valence-corrected chi connectivity index (χ4v) is 5.11. The molecule has 12 nitrogen and oxygen atoms in total. The van der Waals surface area contributed by atoms with Crippen molar-refractivity contribution in [3.05, 3.63) is 78.1 Å². The summed E-state index contributed by atoms with van der Waals surface area (Å²) in [6.07, 6.45) is 4.84. The molecule has 0 saturated carbocycles. The van der Waals surface area contributed by atoms with Gasteiger partial charge in [0.1, 0.15) is 11.3 Å². The molecule has 2 aromatic carbocycles. The van der Waals surface area contributed by atoms with Gasteiger partial charge in [-0.25, -0.2) is 14.5 Å². The normalized spacial score (nSPS) is 11.6. The van der Waals surface area contributed by atoms with E-state index in [2.05, 4.69) is 38.3 Å². The van der Waals surface area contributed by atoms with E-state index in [0.717, 1.165) is 35.5 Å². The molecule has 1 aliphatic carbocycles. The van der Waals surface area contributed by atoms with Gasteiger partial charge in [0, 0.05) is 49.9 Å². The van der Waals surface area contributed by atoms with Crippen LogP contribution in [0, 0.1) is 0 Å². The number of ether oxygens (including phenoxy) is 2. The number of hydrogen-bond donors (Lipinski definition) is 2. The molecule has 0 bridgehead atoms. The number of methoxy groups -OCH3 is 1. The van der Waals surface area contributed by atoms with Crippen LogP contribution in [-0.4, -0.2) is 84.0 Å². The van der Waals surface area contributed by atoms with Crippen molar-refractivity contribution >= 4 is 34.9 Å². The number of nitrogens with zero attached hydrogens (tertiary/aromatic N) is 6. The van der Waals surface area contributed by atoms with Gasteiger partial charge in [0.15, 0.2) is 5.82 Å². The molecule has 0 spiro atoms. The number of fused-ring (bicyclic) bond motifs is 3. The third kappa shape index (κ3) is 6.65. The summed E-state index contributed by atoms with van der Waals surface area (Å²) < 4.78 is 13.0. The fourth-order valence-electron chi connectivity index (χ4n) is 5.11. The van der Waals surface area contributed by atoms with E-state index >= 15 is 0 Å². The van der Waals surface area contributed by atoms with Crippen LogP contribution in [0.15, 0.2) is 61.4 Å². The number of carbonyl (C=O) groups is 2. The largest absolute Gasteiger partial charge is 0.494 e. The first-order valence-electron chi connectivity index (χ1n) is 14.6. The Labute approximate surface area is 262 Å². The molecule has 0 atom stereocenters. The van der Waals surface area contributed by atoms with Gasteiger partial charge < -0.3 is 29.9 Å². The van der Waals surface area contributed by atoms with Gasteiger partial charge in [0.25, 0.3) is 0 Å². The van der Waals surface area contributed by atoms with Crippen LogP contribution in [0.5, 0.6) is 5.75 Å². The van der Waals surface area contributed by atoms with Gasteiger partial charge in [0.05, 0.1) is 42.2 Å². The lowest BCUT2D eigenvalue weighted by atomic mass is 10.1. The van der Waals surface area contributed by atoms with E-state index in [4.69, 9.17) is 14.5 Å². The van der Waals surface area contributed by atoms with Crippen LogP contribution in [0.4, 0.5) is 23.0 Å². The molecule has 12 heteroatoms. The van der Waals surface area contributed by atoms with E-state index < -0.39 is 5.97 Å². The number of likely N-dealkylation sites (N-methyl/N-ethyl adjacent to an activating group) is 2. The third-order valence-corrected chi connectivity index (χ3v) is 7.33. The van der Waals surface area contributed by atoms with Crippen LogP contribution in [-0.2, 0) is 16.0 Å². The van der Waals surface area contributed by atoms with Crippen LogP contribution < -0.4 is 20.3 Å². The van der Waals surface area contributed by atoms with Gasteiger partial charge in [-0.15, -0.1) is 0 Å². The number of anilines is 4. The minimum absolute atomic E-state index is 0.174. The monoisotopic (exact) mass is 610 g/mol. The standard InChI is InChI=1S/C33H38N8O4/c1-8-29(42)36-25-16-26(28(44-7)17-27(25)40(6)14-13-39(4)5)37-33-34-19-24(32(43)45-20(2)3)31(38-33)41-30-22(18-35-41)15-21-11-9-10-12-23(21)30/h8-12,16-20H,1,13-15H2,2-7H3,(H,36,42)(H,34,37,38). The summed E-state index contributed by atoms with van der Waals surface area (Å²) in [4.78, 5) is 39.0. The Morgan fingerprint density at radius 1 is 1.09 bits per heavy atom. The number of nitrogens with one attached hydrogen (secondary N) is 2. The summed E-state index contributed by atoms with van der Waals surface area (Å²) >= 11 is 0. The van der Waals surface area contributed by atoms with Gasteiger partial charge in [0.2, 0.25) is 11.9 Å². The first kappa shape index (κ1) is 31.2. The van der Waals surface area contributed by atoms with E-state index in [-0.39, 0.29) is 29.3 Å². The Morgan fingerprint density at radius 3 is 2.58 bits per heavy atom. The number of rotatable bonds is 12. The predicted octanol–water partition coefficient (Wildman–Crippen LogP) is 4.67. The smallest absolute Gasteiger partial charge is 0.343 e. The Balaban J connectivity index is 1.58. The second kappa shape index (κ2) is 13.2. The van der Waals surface area contributed by atoms with Crippen molar-refractivity contribution in [2.24, 2.45) is 0 Å². The highest BCUT2D eigenvalue weighted by Crippen LogP contribution is 2.40. The van der Waals surface area contributed by atoms with E-state index in [9.17, 15) is 9.59 Å². The molecule has 0 aliphatic heterocycles. The number of esters is 1. The molecule has 0 radical (unpaired) electrons. The van der Waals surface area contributed by atoms with Gasteiger partial charge in [-0.2, -0.15) is 10.1 Å². The molecule has 234 valence electrons. The lowest BCUT2D eigenvalue weighted by molar-refractivity contribution is -0.111. The van der Waals surface area contributed by atoms with Gasteiger partial charge in [-0.05, 0) is 45.6 Å². The molecule has 45 heavy (non-hydrogen) atoms. The zero-order valence-electron chi connectivity index (χ0n) is 26.4. The fraction of sp³-hybridized carbons (Fsp3) is 0.303. The summed E-state index contributed by atoms with van der Waals surface area (Å²) in [5.41, 5.74) is 6.08. The second-order valence-corrected chi connectivity index (χ2v) is 11.3. The number of hydrogen-bond acceptors (Lipinski definition) is 10. The zero-order chi connectivity index (χ0) is 32.2. The van der Waals surface area contributed by atoms with Crippen molar-refractivity contribution in [2.75, 3.05) is 56.9 Å². The molecule has 1 amide bonds. The molecule has 4 aromatic rings. The third-order valence-electron chi connectivity index (χ3n) is 7.33. The van der Waals surface area contributed by atoms with Crippen LogP contribution in [0.1, 0.15) is 35.3 Å². The summed E-state index contributed by atoms with van der Waals surface area (Å²) in [5, 5.41) is 10.7. The Hall–Kier alpha value is -5.23. The maximum atomic E-state index is 13.2. The predicted molar refractivity (Wildman–Crippen MR) is 175 cm³/mol. The van der Waals surface area contributed by atoms with Crippen molar-refractivity contribution < 1.29 is 19.1 Å². The summed E-state index contributed by atoms with van der Waals surface area (Å²) in [5.74, 6) is 0.0533. The quantitative estimate of drug-likeness (QED) is 0.152. The van der Waals surface area contributed by atoms with Crippen molar-refractivity contribution in [3.63, 3.8) is 0 Å². The van der Waals surface area contributed by atoms with Crippen LogP contribution in [0.2, 0.25) is 0 Å². The average Bonchev–Trinajstić information content (AvgIpc) is 3.59. The molecule has 2 N–H and O–H groups in total. The van der Waals surface area contributed by atoms with Gasteiger partial charge in [-0.1, -0.05) is 30.8 Å². The number of aromatic nitrogens is 4. The number of amides is 1. The van der Waals surface area contributed by atoms with Crippen LogP contribution in [0.3, 0.4) is 0 Å². The summed E-state index contributed by atoms with van der Waals surface area (Å²) in [6, 6.07) is 11.7. The lowest BCUT2D eigenvalue weighted by Crippen LogP contribution is -2.29. The molecule has 5 rings (SSSR count). The van der Waals surface area contributed by atoms with E-state index in [1.54, 1.807) is 37.9 Å². The second-order valence-electron chi connectivity index (χ2n) is 11.3. The zero-order valence-corrected chi connectivity index (χ0v) is 26.4. The molecule has 0 fully saturated rings. The molecule has 2 aromatic heterocycles. The average molecular weight is 611 g/mol. The maximum absolute atomic E-state index is 13.2. The number of benzene rings is 2. The summed E-state index contributed by atoms with van der Waals surface area (Å²) in [6.45, 7) is 8.67. The van der Waals surface area contributed by atoms with Crippen molar-refractivity contribution in [3.8, 4) is 22.8 Å². The molecule has 2 heterocycles. The number of carbonyl (C=O) groups excluding carboxylic acids is 2. The minimum atomic E-state index is -0.556. The Morgan fingerprint density at radius 2 is 1.87 bits per heavy atom. The summed E-state index contributed by atoms with van der Waals surface area (Å²) in [7, 11) is 7.51. The SMILES string of the molecule is C=CC(=O)Nc1cc(Nc2ncc(C(=O)OC(C)C)c(-n3ncc4c3-c3ccccc3C4)n2)c(OC)cc1N(C)CCN(C)C. The highest BCUT2D eigenvalue weighted by Gasteiger charge is 2.28. The van der Waals surface area contributed by atoms with Crippen molar-refractivity contribution in [2.45, 2.75) is 26.4 Å². The Kier molecular flexibility index (Phi) is 9.14. The van der Waals surface area contributed by atoms with Crippen molar-refractivity contribution in [1.82, 2.24) is 24.6 Å². The molecule has 1 aliphatic rings. The first-order chi connectivity index (χ1) is 21.6. The maximum Gasteiger partial charge on any atom is 0.343 e. The topological polar surface area (TPSA) is 127 Å². The lowest BCUT2D eigenvalue weighted by Gasteiger charge is -2.26. The van der Waals surface area contributed by atoms with Gasteiger partial charge in [-0.3, -0.25) is 4.79 Å². The highest BCUT2D eigenvalue weighted by atomic mass is 16.5. The van der Waals surface area contributed by atoms with Crippen LogP contribution >= 0.6 is 0 Å². The van der Waals surface area contributed by atoms with Gasteiger partial charge >= 0.3 is 5.97 Å². The first-order valence-corrected chi connectivity index (χ1v) is 14.6. The van der Waals surface area contributed by atoms with Crippen LogP contribution in [0.25, 0.3) is 17.1 Å². The molecule has 0 saturated heterocycles. The Bertz CT molecular complexity index is 1750.